The van der Waals surface area contributed by atoms with Crippen molar-refractivity contribution in [3.8, 4) is 0 Å². The molecule has 0 aromatic heterocycles. The van der Waals surface area contributed by atoms with Gasteiger partial charge >= 0.3 is 6.18 Å². The largest absolute Gasteiger partial charge is 0.411 e. The average molecular weight is 317 g/mol. The minimum Gasteiger partial charge on any atom is -0.367 e. The van der Waals surface area contributed by atoms with Gasteiger partial charge in [0.1, 0.15) is 6.61 Å². The van der Waals surface area contributed by atoms with Crippen molar-refractivity contribution in [2.45, 2.75) is 19.3 Å². The lowest BCUT2D eigenvalue weighted by molar-refractivity contribution is -0.176. The van der Waals surface area contributed by atoms with Gasteiger partial charge in [0, 0.05) is 28.2 Å². The first-order valence-electron chi connectivity index (χ1n) is 6.80. The molecule has 22 heavy (non-hydrogen) atoms. The van der Waals surface area contributed by atoms with Gasteiger partial charge in [-0.1, -0.05) is 24.3 Å². The number of nitrogens with zero attached hydrogens (tertiary/aromatic N) is 3. The summed E-state index contributed by atoms with van der Waals surface area (Å²) in [5.41, 5.74) is 1.63. The molecule has 1 rings (SSSR count). The number of benzene rings is 1. The highest BCUT2D eigenvalue weighted by Gasteiger charge is 2.27. The second-order valence-corrected chi connectivity index (χ2v) is 5.33. The van der Waals surface area contributed by atoms with Gasteiger partial charge in [0.15, 0.2) is 5.96 Å². The highest BCUT2D eigenvalue weighted by Crippen LogP contribution is 2.16. The van der Waals surface area contributed by atoms with Crippen LogP contribution < -0.4 is 0 Å². The highest BCUT2D eigenvalue weighted by atomic mass is 19.4. The molecule has 0 saturated carbocycles. The molecule has 0 spiro atoms. The first-order valence-corrected chi connectivity index (χ1v) is 6.80. The summed E-state index contributed by atoms with van der Waals surface area (Å²) < 4.78 is 40.8. The second kappa shape index (κ2) is 8.03. The molecule has 0 amide bonds. The molecule has 0 unspecified atom stereocenters. The number of alkyl halides is 3. The Balaban J connectivity index is 2.66. The SMILES string of the molecule is CN(C)C(=NCc1cccc(COCC(F)(F)F)c1)N(C)C. The Bertz CT molecular complexity index is 489. The van der Waals surface area contributed by atoms with Crippen molar-refractivity contribution in [2.24, 2.45) is 4.99 Å². The molecule has 0 aliphatic carbocycles. The number of hydrogen-bond acceptors (Lipinski definition) is 2. The fourth-order valence-corrected chi connectivity index (χ4v) is 1.95. The fraction of sp³-hybridized carbons (Fsp3) is 0.533. The number of aliphatic imine (C=N–C) groups is 1. The van der Waals surface area contributed by atoms with Crippen LogP contribution in [0.3, 0.4) is 0 Å². The van der Waals surface area contributed by atoms with E-state index in [0.29, 0.717) is 12.1 Å². The number of ether oxygens (including phenoxy) is 1. The van der Waals surface area contributed by atoms with Gasteiger partial charge in [0.05, 0.1) is 13.2 Å². The molecule has 4 nitrogen and oxygen atoms in total. The Labute approximate surface area is 129 Å². The van der Waals surface area contributed by atoms with Crippen molar-refractivity contribution in [1.29, 1.82) is 0 Å². The Hall–Kier alpha value is -1.76. The molecule has 0 bridgehead atoms. The molecule has 0 heterocycles. The Kier molecular flexibility index (Phi) is 6.67. The minimum absolute atomic E-state index is 0.0642. The first kappa shape index (κ1) is 18.3. The van der Waals surface area contributed by atoms with E-state index in [1.165, 1.54) is 0 Å². The summed E-state index contributed by atoms with van der Waals surface area (Å²) in [6.07, 6.45) is -4.30. The van der Waals surface area contributed by atoms with Crippen molar-refractivity contribution >= 4 is 5.96 Å². The van der Waals surface area contributed by atoms with Crippen LogP contribution in [0, 0.1) is 0 Å². The topological polar surface area (TPSA) is 28.1 Å². The van der Waals surface area contributed by atoms with Crippen molar-refractivity contribution in [2.75, 3.05) is 34.8 Å². The van der Waals surface area contributed by atoms with Crippen LogP contribution in [0.4, 0.5) is 13.2 Å². The Morgan fingerprint density at radius 1 is 1.09 bits per heavy atom. The third-order valence-electron chi connectivity index (χ3n) is 2.73. The van der Waals surface area contributed by atoms with E-state index >= 15 is 0 Å². The molecule has 0 radical (unpaired) electrons. The summed E-state index contributed by atoms with van der Waals surface area (Å²) in [5.74, 6) is 0.818. The van der Waals surface area contributed by atoms with Gasteiger partial charge in [0.2, 0.25) is 0 Å². The Morgan fingerprint density at radius 3 is 2.23 bits per heavy atom. The third-order valence-corrected chi connectivity index (χ3v) is 2.73. The van der Waals surface area contributed by atoms with Crippen LogP contribution in [0.25, 0.3) is 0 Å². The molecule has 0 N–H and O–H groups in total. The smallest absolute Gasteiger partial charge is 0.367 e. The van der Waals surface area contributed by atoms with Crippen LogP contribution in [-0.4, -0.2) is 56.7 Å². The quantitative estimate of drug-likeness (QED) is 0.617. The van der Waals surface area contributed by atoms with E-state index in [4.69, 9.17) is 0 Å². The van der Waals surface area contributed by atoms with E-state index < -0.39 is 12.8 Å². The van der Waals surface area contributed by atoms with E-state index in [2.05, 4.69) is 9.73 Å². The maximum Gasteiger partial charge on any atom is 0.411 e. The van der Waals surface area contributed by atoms with E-state index in [1.807, 2.05) is 50.1 Å². The maximum absolute atomic E-state index is 12.0. The van der Waals surface area contributed by atoms with Crippen molar-refractivity contribution < 1.29 is 17.9 Å². The fourth-order valence-electron chi connectivity index (χ4n) is 1.95. The molecule has 0 atom stereocenters. The van der Waals surface area contributed by atoms with Crippen molar-refractivity contribution in [3.63, 3.8) is 0 Å². The van der Waals surface area contributed by atoms with Gasteiger partial charge < -0.3 is 14.5 Å². The minimum atomic E-state index is -4.30. The third kappa shape index (κ3) is 6.80. The zero-order chi connectivity index (χ0) is 16.8. The lowest BCUT2D eigenvalue weighted by Crippen LogP contribution is -2.35. The summed E-state index contributed by atoms with van der Waals surface area (Å²) in [5, 5.41) is 0. The molecule has 0 saturated heterocycles. The first-order chi connectivity index (χ1) is 10.2. The van der Waals surface area contributed by atoms with Gasteiger partial charge in [-0.05, 0) is 11.1 Å². The summed E-state index contributed by atoms with van der Waals surface area (Å²) in [6.45, 7) is -0.842. The second-order valence-electron chi connectivity index (χ2n) is 5.33. The molecule has 124 valence electrons. The van der Waals surface area contributed by atoms with Crippen LogP contribution in [-0.2, 0) is 17.9 Å². The van der Waals surface area contributed by atoms with Gasteiger partial charge in [-0.3, -0.25) is 0 Å². The van der Waals surface area contributed by atoms with Gasteiger partial charge in [-0.2, -0.15) is 13.2 Å². The number of halogens is 3. The van der Waals surface area contributed by atoms with Crippen molar-refractivity contribution in [3.05, 3.63) is 35.4 Å². The van der Waals surface area contributed by atoms with Crippen LogP contribution in [0.1, 0.15) is 11.1 Å². The van der Waals surface area contributed by atoms with Crippen LogP contribution >= 0.6 is 0 Å². The van der Waals surface area contributed by atoms with Crippen molar-refractivity contribution in [1.82, 2.24) is 9.80 Å². The van der Waals surface area contributed by atoms with E-state index in [9.17, 15) is 13.2 Å². The molecule has 1 aromatic carbocycles. The number of hydrogen-bond donors (Lipinski definition) is 0. The molecule has 7 heteroatoms. The summed E-state index contributed by atoms with van der Waals surface area (Å²) in [6, 6.07) is 7.23. The molecule has 1 aromatic rings. The van der Waals surface area contributed by atoms with E-state index in [1.54, 1.807) is 12.1 Å². The Morgan fingerprint density at radius 2 is 1.68 bits per heavy atom. The van der Waals surface area contributed by atoms with Gasteiger partial charge in [-0.15, -0.1) is 0 Å². The molecule has 0 aliphatic heterocycles. The lowest BCUT2D eigenvalue weighted by Gasteiger charge is -2.22. The molecular weight excluding hydrogens is 295 g/mol. The highest BCUT2D eigenvalue weighted by molar-refractivity contribution is 5.79. The summed E-state index contributed by atoms with van der Waals surface area (Å²) in [7, 11) is 7.61. The van der Waals surface area contributed by atoms with Gasteiger partial charge in [0.25, 0.3) is 0 Å². The van der Waals surface area contributed by atoms with E-state index in [-0.39, 0.29) is 6.61 Å². The van der Waals surface area contributed by atoms with E-state index in [0.717, 1.165) is 11.5 Å². The molecule has 0 fully saturated rings. The predicted octanol–water partition coefficient (Wildman–Crippen LogP) is 2.74. The average Bonchev–Trinajstić information content (AvgIpc) is 2.37. The van der Waals surface area contributed by atoms with Gasteiger partial charge in [-0.25, -0.2) is 4.99 Å². The monoisotopic (exact) mass is 317 g/mol. The van der Waals surface area contributed by atoms with Crippen LogP contribution in [0.2, 0.25) is 0 Å². The summed E-state index contributed by atoms with van der Waals surface area (Å²) >= 11 is 0. The van der Waals surface area contributed by atoms with Crippen LogP contribution in [0.5, 0.6) is 0 Å². The molecular formula is C15H22F3N3O. The number of guanidine groups is 1. The van der Waals surface area contributed by atoms with Crippen LogP contribution in [0.15, 0.2) is 29.3 Å². The standard InChI is InChI=1S/C15H22F3N3O/c1-20(2)14(21(3)4)19-9-12-6-5-7-13(8-12)10-22-11-15(16,17)18/h5-8H,9-11H2,1-4H3. The zero-order valence-electron chi connectivity index (χ0n) is 13.3. The lowest BCUT2D eigenvalue weighted by atomic mass is 10.1. The maximum atomic E-state index is 12.0. The zero-order valence-corrected chi connectivity index (χ0v) is 13.3. The normalized spacial score (nSPS) is 11.2. The summed E-state index contributed by atoms with van der Waals surface area (Å²) in [4.78, 5) is 8.30. The number of rotatable bonds is 5. The predicted molar refractivity (Wildman–Crippen MR) is 80.7 cm³/mol. The molecule has 0 aliphatic rings.